The minimum atomic E-state index is -0.352. The molecule has 2 aliphatic heterocycles. The fraction of sp³-hybridized carbons (Fsp3) is 0.600. The summed E-state index contributed by atoms with van der Waals surface area (Å²) in [5, 5.41) is 3.90. The number of rotatable bonds is 7. The van der Waals surface area contributed by atoms with Crippen molar-refractivity contribution in [2.75, 3.05) is 26.2 Å². The van der Waals surface area contributed by atoms with Crippen molar-refractivity contribution in [3.05, 3.63) is 39.7 Å². The predicted octanol–water partition coefficient (Wildman–Crippen LogP) is 3.81. The average Bonchev–Trinajstić information content (AvgIpc) is 2.75. The van der Waals surface area contributed by atoms with Gasteiger partial charge in [0, 0.05) is 18.7 Å². The number of amides is 1. The molecule has 0 spiro atoms. The number of nitrogens with one attached hydrogen (secondary N) is 1. The number of ether oxygens (including phenoxy) is 1. The first kappa shape index (κ1) is 21.9. The van der Waals surface area contributed by atoms with Gasteiger partial charge in [-0.2, -0.15) is 0 Å². The van der Waals surface area contributed by atoms with Crippen LogP contribution < -0.4 is 15.7 Å². The topological polar surface area (TPSA) is 71.8 Å². The van der Waals surface area contributed by atoms with E-state index in [0.29, 0.717) is 29.8 Å². The SMILES string of the molecule is CCCc1cc(=O)oc2cc(C)cc(OCC(=O)NCC3CCCN4CCCCC34)c12. The second kappa shape index (κ2) is 9.86. The van der Waals surface area contributed by atoms with Gasteiger partial charge in [-0.3, -0.25) is 4.79 Å². The van der Waals surface area contributed by atoms with E-state index < -0.39 is 0 Å². The Morgan fingerprint density at radius 1 is 1.19 bits per heavy atom. The average molecular weight is 427 g/mol. The molecular formula is C25H34N2O4. The second-order valence-corrected chi connectivity index (χ2v) is 9.07. The Labute approximate surface area is 183 Å². The molecule has 1 amide bonds. The number of benzene rings is 1. The molecule has 1 N–H and O–H groups in total. The van der Waals surface area contributed by atoms with Crippen molar-refractivity contribution in [1.82, 2.24) is 10.2 Å². The summed E-state index contributed by atoms with van der Waals surface area (Å²) in [5.74, 6) is 1.04. The van der Waals surface area contributed by atoms with E-state index in [2.05, 4.69) is 17.1 Å². The summed E-state index contributed by atoms with van der Waals surface area (Å²) in [6.45, 7) is 7.08. The van der Waals surface area contributed by atoms with Crippen molar-refractivity contribution in [2.45, 2.75) is 64.8 Å². The lowest BCUT2D eigenvalue weighted by molar-refractivity contribution is -0.123. The third-order valence-corrected chi connectivity index (χ3v) is 6.70. The van der Waals surface area contributed by atoms with Gasteiger partial charge in [0.2, 0.25) is 0 Å². The fourth-order valence-corrected chi connectivity index (χ4v) is 5.31. The van der Waals surface area contributed by atoms with Crippen LogP contribution in [0.1, 0.15) is 56.6 Å². The van der Waals surface area contributed by atoms with Crippen LogP contribution in [0.3, 0.4) is 0 Å². The van der Waals surface area contributed by atoms with E-state index in [1.165, 1.54) is 51.3 Å². The Balaban J connectivity index is 1.41. The Kier molecular flexibility index (Phi) is 6.96. The predicted molar refractivity (Wildman–Crippen MR) is 122 cm³/mol. The number of piperidine rings is 2. The Hall–Kier alpha value is -2.34. The number of carbonyl (C=O) groups excluding carboxylic acids is 1. The zero-order valence-electron chi connectivity index (χ0n) is 18.7. The van der Waals surface area contributed by atoms with Gasteiger partial charge in [-0.1, -0.05) is 19.8 Å². The molecule has 2 aromatic rings. The molecule has 1 aromatic heterocycles. The van der Waals surface area contributed by atoms with Crippen molar-refractivity contribution < 1.29 is 13.9 Å². The number of hydrogen-bond donors (Lipinski definition) is 1. The van der Waals surface area contributed by atoms with E-state index in [0.717, 1.165) is 29.4 Å². The maximum absolute atomic E-state index is 12.6. The van der Waals surface area contributed by atoms with Gasteiger partial charge in [-0.25, -0.2) is 4.79 Å². The molecule has 2 fully saturated rings. The molecule has 2 saturated heterocycles. The Morgan fingerprint density at radius 3 is 2.87 bits per heavy atom. The smallest absolute Gasteiger partial charge is 0.336 e. The van der Waals surface area contributed by atoms with Crippen LogP contribution in [0.2, 0.25) is 0 Å². The Bertz CT molecular complexity index is 981. The molecule has 0 aliphatic carbocycles. The van der Waals surface area contributed by atoms with E-state index in [9.17, 15) is 9.59 Å². The number of nitrogens with zero attached hydrogens (tertiary/aromatic N) is 1. The van der Waals surface area contributed by atoms with Gasteiger partial charge in [0.05, 0.1) is 5.39 Å². The highest BCUT2D eigenvalue weighted by Crippen LogP contribution is 2.31. The van der Waals surface area contributed by atoms with Crippen LogP contribution >= 0.6 is 0 Å². The van der Waals surface area contributed by atoms with Gasteiger partial charge >= 0.3 is 5.63 Å². The summed E-state index contributed by atoms with van der Waals surface area (Å²) in [5.41, 5.74) is 2.00. The third kappa shape index (κ3) is 5.12. The molecular weight excluding hydrogens is 392 g/mol. The summed E-state index contributed by atoms with van der Waals surface area (Å²) in [7, 11) is 0. The first-order valence-corrected chi connectivity index (χ1v) is 11.8. The minimum Gasteiger partial charge on any atom is -0.483 e. The molecule has 2 aliphatic rings. The quantitative estimate of drug-likeness (QED) is 0.682. The highest BCUT2D eigenvalue weighted by atomic mass is 16.5. The number of fused-ring (bicyclic) bond motifs is 2. The normalized spacial score (nSPS) is 21.6. The van der Waals surface area contributed by atoms with Crippen molar-refractivity contribution in [3.63, 3.8) is 0 Å². The van der Waals surface area contributed by atoms with E-state index in [-0.39, 0.29) is 18.1 Å². The zero-order chi connectivity index (χ0) is 21.8. The highest BCUT2D eigenvalue weighted by molar-refractivity contribution is 5.88. The Morgan fingerprint density at radius 2 is 2.03 bits per heavy atom. The van der Waals surface area contributed by atoms with E-state index in [1.807, 2.05) is 19.1 Å². The summed E-state index contributed by atoms with van der Waals surface area (Å²) in [4.78, 5) is 27.1. The van der Waals surface area contributed by atoms with E-state index >= 15 is 0 Å². The number of carbonyl (C=O) groups is 1. The van der Waals surface area contributed by atoms with Crippen molar-refractivity contribution in [1.29, 1.82) is 0 Å². The summed E-state index contributed by atoms with van der Waals surface area (Å²) >= 11 is 0. The monoisotopic (exact) mass is 426 g/mol. The molecule has 31 heavy (non-hydrogen) atoms. The highest BCUT2D eigenvalue weighted by Gasteiger charge is 2.32. The van der Waals surface area contributed by atoms with Crippen molar-refractivity contribution in [3.8, 4) is 5.75 Å². The molecule has 3 heterocycles. The first-order valence-electron chi connectivity index (χ1n) is 11.8. The van der Waals surface area contributed by atoms with Gasteiger partial charge in [0.1, 0.15) is 11.3 Å². The first-order chi connectivity index (χ1) is 15.0. The molecule has 0 radical (unpaired) electrons. The molecule has 1 aromatic carbocycles. The van der Waals surface area contributed by atoms with Crippen LogP contribution in [-0.2, 0) is 11.2 Å². The molecule has 6 nitrogen and oxygen atoms in total. The molecule has 2 atom stereocenters. The van der Waals surface area contributed by atoms with Crippen LogP contribution in [0.4, 0.5) is 0 Å². The van der Waals surface area contributed by atoms with Gasteiger partial charge in [-0.15, -0.1) is 0 Å². The van der Waals surface area contributed by atoms with Crippen LogP contribution in [0.5, 0.6) is 5.75 Å². The summed E-state index contributed by atoms with van der Waals surface area (Å²) < 4.78 is 11.4. The maximum atomic E-state index is 12.6. The van der Waals surface area contributed by atoms with Crippen molar-refractivity contribution in [2.24, 2.45) is 5.92 Å². The number of hydrogen-bond acceptors (Lipinski definition) is 5. The van der Waals surface area contributed by atoms with E-state index in [4.69, 9.17) is 9.15 Å². The third-order valence-electron chi connectivity index (χ3n) is 6.70. The van der Waals surface area contributed by atoms with Gasteiger partial charge in [0.25, 0.3) is 5.91 Å². The molecule has 4 rings (SSSR count). The molecule has 0 saturated carbocycles. The van der Waals surface area contributed by atoms with E-state index in [1.54, 1.807) is 0 Å². The van der Waals surface area contributed by atoms with Gasteiger partial charge < -0.3 is 19.4 Å². The van der Waals surface area contributed by atoms with Crippen LogP contribution in [0.25, 0.3) is 11.0 Å². The number of aryl methyl sites for hydroxylation is 2. The van der Waals surface area contributed by atoms with Crippen LogP contribution in [-0.4, -0.2) is 43.1 Å². The lowest BCUT2D eigenvalue weighted by atomic mass is 9.83. The lowest BCUT2D eigenvalue weighted by Gasteiger charge is -2.44. The summed E-state index contributed by atoms with van der Waals surface area (Å²) in [6.07, 6.45) is 7.91. The minimum absolute atomic E-state index is 0.0374. The van der Waals surface area contributed by atoms with Gasteiger partial charge in [0.15, 0.2) is 6.61 Å². The van der Waals surface area contributed by atoms with Crippen LogP contribution in [0.15, 0.2) is 27.4 Å². The lowest BCUT2D eigenvalue weighted by Crippen LogP contribution is -2.51. The molecule has 0 bridgehead atoms. The zero-order valence-corrected chi connectivity index (χ0v) is 18.7. The second-order valence-electron chi connectivity index (χ2n) is 9.07. The largest absolute Gasteiger partial charge is 0.483 e. The molecule has 6 heteroatoms. The fourth-order valence-electron chi connectivity index (χ4n) is 5.31. The van der Waals surface area contributed by atoms with Crippen molar-refractivity contribution >= 4 is 16.9 Å². The molecule has 2 unspecified atom stereocenters. The van der Waals surface area contributed by atoms with Crippen LogP contribution in [0, 0.1) is 12.8 Å². The maximum Gasteiger partial charge on any atom is 0.336 e. The van der Waals surface area contributed by atoms with Gasteiger partial charge in [-0.05, 0) is 81.3 Å². The summed E-state index contributed by atoms with van der Waals surface area (Å²) in [6, 6.07) is 5.91. The molecule has 168 valence electrons. The standard InChI is InChI=1S/C25H34N2O4/c1-3-7-18-14-24(29)31-22-13-17(2)12-21(25(18)22)30-16-23(28)26-15-19-8-6-11-27-10-5-4-9-20(19)27/h12-14,19-20H,3-11,15-16H2,1-2H3,(H,26,28).